The van der Waals surface area contributed by atoms with Crippen LogP contribution in [0.25, 0.3) is 0 Å². The van der Waals surface area contributed by atoms with E-state index in [0.717, 1.165) is 12.8 Å². The number of nitrogens with two attached hydrogens (primary N) is 1. The van der Waals surface area contributed by atoms with Crippen molar-refractivity contribution in [1.29, 1.82) is 0 Å². The van der Waals surface area contributed by atoms with Crippen LogP contribution in [0.15, 0.2) is 20.1 Å². The van der Waals surface area contributed by atoms with Crippen molar-refractivity contribution >= 4 is 54.5 Å². The Morgan fingerprint density at radius 3 is 2.56 bits per heavy atom. The van der Waals surface area contributed by atoms with Crippen molar-refractivity contribution in [2.45, 2.75) is 35.4 Å². The van der Waals surface area contributed by atoms with Crippen LogP contribution in [0.2, 0.25) is 0 Å². The lowest BCUT2D eigenvalue weighted by Gasteiger charge is -2.28. The fourth-order valence-electron chi connectivity index (χ4n) is 2.15. The van der Waals surface area contributed by atoms with Crippen molar-refractivity contribution in [1.82, 2.24) is 4.72 Å². The fourth-order valence-corrected chi connectivity index (χ4v) is 6.25. The van der Waals surface area contributed by atoms with Gasteiger partial charge in [-0.3, -0.25) is 0 Å². The lowest BCUT2D eigenvalue weighted by atomic mass is 10.00. The maximum atomic E-state index is 12.3. The molecule has 8 heteroatoms. The number of thiocarbonyl (C=S) groups is 1. The summed E-state index contributed by atoms with van der Waals surface area (Å²) in [6.45, 7) is 0. The molecule has 1 heterocycles. The van der Waals surface area contributed by atoms with Crippen molar-refractivity contribution in [2.24, 2.45) is 5.73 Å². The van der Waals surface area contributed by atoms with Crippen LogP contribution in [0.3, 0.4) is 0 Å². The third-order valence-corrected chi connectivity index (χ3v) is 7.68. The lowest BCUT2D eigenvalue weighted by Crippen LogP contribution is -2.54. The molecule has 0 aromatic carbocycles. The van der Waals surface area contributed by atoms with Crippen LogP contribution in [-0.4, -0.2) is 18.9 Å². The lowest BCUT2D eigenvalue weighted by molar-refractivity contribution is 0.504. The number of hydrogen-bond acceptors (Lipinski definition) is 4. The Hall–Kier alpha value is -0.0200. The van der Waals surface area contributed by atoms with Crippen molar-refractivity contribution in [3.8, 4) is 0 Å². The van der Waals surface area contributed by atoms with Gasteiger partial charge in [-0.25, -0.2) is 8.42 Å². The molecule has 1 aliphatic rings. The molecule has 4 nitrogen and oxygen atoms in total. The highest BCUT2D eigenvalue weighted by Crippen LogP contribution is 2.34. The Kier molecular flexibility index (Phi) is 4.13. The van der Waals surface area contributed by atoms with Gasteiger partial charge < -0.3 is 5.73 Å². The van der Waals surface area contributed by atoms with E-state index in [1.54, 1.807) is 11.4 Å². The normalized spacial score (nSPS) is 18.9. The molecular formula is C10H13BrN2O2S3. The first-order chi connectivity index (χ1) is 8.37. The predicted octanol–water partition coefficient (Wildman–Crippen LogP) is 2.39. The molecule has 0 atom stereocenters. The van der Waals surface area contributed by atoms with E-state index in [2.05, 4.69) is 20.7 Å². The first-order valence-corrected chi connectivity index (χ1v) is 9.01. The van der Waals surface area contributed by atoms with Gasteiger partial charge in [-0.2, -0.15) is 4.72 Å². The average molecular weight is 369 g/mol. The van der Waals surface area contributed by atoms with Gasteiger partial charge in [0.25, 0.3) is 10.0 Å². The van der Waals surface area contributed by atoms with Gasteiger partial charge in [0.05, 0.1) is 10.5 Å². The summed E-state index contributed by atoms with van der Waals surface area (Å²) in [4.78, 5) is 0.233. The molecule has 0 saturated heterocycles. The van der Waals surface area contributed by atoms with E-state index >= 15 is 0 Å². The van der Waals surface area contributed by atoms with Crippen molar-refractivity contribution < 1.29 is 8.42 Å². The topological polar surface area (TPSA) is 72.2 Å². The zero-order valence-electron chi connectivity index (χ0n) is 9.48. The largest absolute Gasteiger partial charge is 0.392 e. The third-order valence-electron chi connectivity index (χ3n) is 3.09. The van der Waals surface area contributed by atoms with Crippen LogP contribution in [0.4, 0.5) is 0 Å². The molecular weight excluding hydrogens is 356 g/mol. The molecule has 0 bridgehead atoms. The molecule has 0 unspecified atom stereocenters. The van der Waals surface area contributed by atoms with Gasteiger partial charge in [0, 0.05) is 4.47 Å². The molecule has 2 rings (SSSR count). The van der Waals surface area contributed by atoms with Gasteiger partial charge in [-0.15, -0.1) is 11.3 Å². The molecule has 18 heavy (non-hydrogen) atoms. The van der Waals surface area contributed by atoms with Crippen LogP contribution in [0.5, 0.6) is 0 Å². The molecule has 1 aromatic rings. The molecule has 0 spiro atoms. The first-order valence-electron chi connectivity index (χ1n) is 5.44. The van der Waals surface area contributed by atoms with Crippen molar-refractivity contribution in [3.63, 3.8) is 0 Å². The monoisotopic (exact) mass is 368 g/mol. The van der Waals surface area contributed by atoms with E-state index in [1.165, 1.54) is 11.3 Å². The van der Waals surface area contributed by atoms with Gasteiger partial charge in [-0.1, -0.05) is 25.1 Å². The Morgan fingerprint density at radius 2 is 2.11 bits per heavy atom. The maximum absolute atomic E-state index is 12.3. The Bertz CT molecular complexity index is 561. The second-order valence-corrected chi connectivity index (χ2v) is 8.40. The third kappa shape index (κ3) is 2.62. The van der Waals surface area contributed by atoms with Gasteiger partial charge in [0.15, 0.2) is 0 Å². The summed E-state index contributed by atoms with van der Waals surface area (Å²) < 4.78 is 28.2. The number of sulfonamides is 1. The highest BCUT2D eigenvalue weighted by atomic mass is 79.9. The highest BCUT2D eigenvalue weighted by Gasteiger charge is 2.41. The van der Waals surface area contributed by atoms with Gasteiger partial charge in [0.2, 0.25) is 0 Å². The SMILES string of the molecule is NC(=S)C1(NS(=O)(=O)c2sccc2Br)CCCC1. The van der Waals surface area contributed by atoms with E-state index in [-0.39, 0.29) is 9.20 Å². The van der Waals surface area contributed by atoms with Crippen LogP contribution in [0.1, 0.15) is 25.7 Å². The van der Waals surface area contributed by atoms with E-state index in [4.69, 9.17) is 18.0 Å². The number of hydrogen-bond donors (Lipinski definition) is 2. The molecule has 0 amide bonds. The standard InChI is InChI=1S/C10H13BrN2O2S3/c11-7-3-6-17-8(7)18(14,15)13-10(9(12)16)4-1-2-5-10/h3,6,13H,1-2,4-5H2,(H2,12,16). The molecule has 100 valence electrons. The van der Waals surface area contributed by atoms with Crippen LogP contribution in [0, 0.1) is 0 Å². The van der Waals surface area contributed by atoms with Crippen LogP contribution < -0.4 is 10.5 Å². The summed E-state index contributed by atoms with van der Waals surface area (Å²) in [5.41, 5.74) is 4.98. The zero-order chi connectivity index (χ0) is 13.4. The number of rotatable bonds is 4. The number of thiophene rings is 1. The highest BCUT2D eigenvalue weighted by molar-refractivity contribution is 9.10. The van der Waals surface area contributed by atoms with E-state index in [0.29, 0.717) is 17.3 Å². The van der Waals surface area contributed by atoms with E-state index < -0.39 is 15.6 Å². The summed E-state index contributed by atoms with van der Waals surface area (Å²) in [6, 6.07) is 1.71. The van der Waals surface area contributed by atoms with Gasteiger partial charge in [0.1, 0.15) is 4.21 Å². The number of nitrogens with one attached hydrogen (secondary N) is 1. The maximum Gasteiger partial charge on any atom is 0.252 e. The van der Waals surface area contributed by atoms with E-state index in [1.807, 2.05) is 0 Å². The van der Waals surface area contributed by atoms with Crippen LogP contribution in [-0.2, 0) is 10.0 Å². The fraction of sp³-hybridized carbons (Fsp3) is 0.500. The van der Waals surface area contributed by atoms with E-state index in [9.17, 15) is 8.42 Å². The molecule has 0 radical (unpaired) electrons. The average Bonchev–Trinajstić information content (AvgIpc) is 2.87. The van der Waals surface area contributed by atoms with Crippen LogP contribution >= 0.6 is 39.5 Å². The summed E-state index contributed by atoms with van der Waals surface area (Å²) in [5.74, 6) is 0. The minimum Gasteiger partial charge on any atom is -0.392 e. The molecule has 1 saturated carbocycles. The quantitative estimate of drug-likeness (QED) is 0.800. The molecule has 1 fully saturated rings. The predicted molar refractivity (Wildman–Crippen MR) is 80.3 cm³/mol. The molecule has 1 aliphatic carbocycles. The molecule has 0 aliphatic heterocycles. The Morgan fingerprint density at radius 1 is 1.50 bits per heavy atom. The molecule has 3 N–H and O–H groups in total. The summed E-state index contributed by atoms with van der Waals surface area (Å²) in [5, 5.41) is 1.72. The zero-order valence-corrected chi connectivity index (χ0v) is 13.5. The minimum atomic E-state index is -3.58. The molecule has 1 aromatic heterocycles. The summed E-state index contributed by atoms with van der Waals surface area (Å²) in [7, 11) is -3.58. The van der Waals surface area contributed by atoms with Crippen molar-refractivity contribution in [2.75, 3.05) is 0 Å². The second-order valence-electron chi connectivity index (χ2n) is 4.31. The Balaban J connectivity index is 2.33. The first kappa shape index (κ1) is 14.4. The van der Waals surface area contributed by atoms with Crippen molar-refractivity contribution in [3.05, 3.63) is 15.9 Å². The summed E-state index contributed by atoms with van der Waals surface area (Å²) in [6.07, 6.45) is 3.21. The number of halogens is 1. The minimum absolute atomic E-state index is 0.233. The smallest absolute Gasteiger partial charge is 0.252 e. The summed E-state index contributed by atoms with van der Waals surface area (Å²) >= 11 is 9.44. The second kappa shape index (κ2) is 5.16. The van der Waals surface area contributed by atoms with Gasteiger partial charge in [-0.05, 0) is 40.2 Å². The Labute approximate surface area is 124 Å². The van der Waals surface area contributed by atoms with Gasteiger partial charge >= 0.3 is 0 Å².